The highest BCUT2D eigenvalue weighted by Crippen LogP contribution is 2.22. The minimum atomic E-state index is -1.44. The lowest BCUT2D eigenvalue weighted by atomic mass is 9.98. The molecule has 1 aromatic carbocycles. The number of Topliss-reactive ketones (excluding diaryl/α,β-unsaturated/α-hetero) is 1. The summed E-state index contributed by atoms with van der Waals surface area (Å²) in [6, 6.07) is 11.3. The Morgan fingerprint density at radius 3 is 2.65 bits per heavy atom. The Labute approximate surface area is 142 Å². The van der Waals surface area contributed by atoms with Crippen LogP contribution in [0.15, 0.2) is 42.6 Å². The molecule has 0 aliphatic rings. The van der Waals surface area contributed by atoms with Crippen LogP contribution in [0.2, 0.25) is 10.0 Å². The minimum Gasteiger partial charge on any atom is -0.309 e. The molecule has 1 N–H and O–H groups in total. The quantitative estimate of drug-likeness (QED) is 0.841. The van der Waals surface area contributed by atoms with Gasteiger partial charge in [0.05, 0.1) is 6.07 Å². The Hall–Kier alpha value is -2.42. The summed E-state index contributed by atoms with van der Waals surface area (Å²) in [4.78, 5) is 28.2. The number of benzene rings is 1. The third kappa shape index (κ3) is 4.52. The number of anilines is 1. The zero-order chi connectivity index (χ0) is 16.8. The standard InChI is InChI=1S/C16H11Cl2N3O2/c17-11-5-4-10(13(18)8-11)7-14(22)12(9-19)16(23)21-15-3-1-2-6-20-15/h1-6,8,12H,7H2,(H,20,21,23)/t12-/m0/s1. The number of carbonyl (C=O) groups excluding carboxylic acids is 2. The van der Waals surface area contributed by atoms with Gasteiger partial charge in [-0.1, -0.05) is 35.3 Å². The predicted molar refractivity (Wildman–Crippen MR) is 87.1 cm³/mol. The van der Waals surface area contributed by atoms with Crippen molar-refractivity contribution in [3.05, 3.63) is 58.2 Å². The van der Waals surface area contributed by atoms with Crippen LogP contribution in [0, 0.1) is 17.2 Å². The number of hydrogen-bond acceptors (Lipinski definition) is 4. The number of amides is 1. The molecular formula is C16H11Cl2N3O2. The Bertz CT molecular complexity index is 773. The highest BCUT2D eigenvalue weighted by Gasteiger charge is 2.27. The highest BCUT2D eigenvalue weighted by atomic mass is 35.5. The molecule has 0 saturated carbocycles. The van der Waals surface area contributed by atoms with Crippen molar-refractivity contribution in [2.24, 2.45) is 5.92 Å². The van der Waals surface area contributed by atoms with Crippen molar-refractivity contribution < 1.29 is 9.59 Å². The lowest BCUT2D eigenvalue weighted by molar-refractivity contribution is -0.128. The Balaban J connectivity index is 2.09. The van der Waals surface area contributed by atoms with Gasteiger partial charge in [-0.15, -0.1) is 0 Å². The van der Waals surface area contributed by atoms with Gasteiger partial charge in [-0.25, -0.2) is 4.98 Å². The second kappa shape index (κ2) is 7.73. The molecule has 0 saturated heterocycles. The van der Waals surface area contributed by atoms with Crippen molar-refractivity contribution >= 4 is 40.7 Å². The van der Waals surface area contributed by atoms with E-state index in [1.807, 2.05) is 0 Å². The number of nitrogens with zero attached hydrogens (tertiary/aromatic N) is 2. The van der Waals surface area contributed by atoms with Crippen LogP contribution in [0.3, 0.4) is 0 Å². The molecule has 5 nitrogen and oxygen atoms in total. The van der Waals surface area contributed by atoms with E-state index in [0.29, 0.717) is 15.6 Å². The van der Waals surface area contributed by atoms with Gasteiger partial charge in [0, 0.05) is 22.7 Å². The molecule has 2 aromatic rings. The molecular weight excluding hydrogens is 337 g/mol. The zero-order valence-corrected chi connectivity index (χ0v) is 13.3. The van der Waals surface area contributed by atoms with Crippen LogP contribution < -0.4 is 5.32 Å². The third-order valence-electron chi connectivity index (χ3n) is 3.01. The zero-order valence-electron chi connectivity index (χ0n) is 11.8. The molecule has 0 radical (unpaired) electrons. The second-order valence-corrected chi connectivity index (χ2v) is 5.49. The first-order chi connectivity index (χ1) is 11.0. The smallest absolute Gasteiger partial charge is 0.250 e. The van der Waals surface area contributed by atoms with Crippen LogP contribution in [-0.2, 0) is 16.0 Å². The van der Waals surface area contributed by atoms with Gasteiger partial charge in [0.15, 0.2) is 11.7 Å². The molecule has 1 atom stereocenters. The number of carbonyl (C=O) groups is 2. The maximum atomic E-state index is 12.2. The van der Waals surface area contributed by atoms with Crippen molar-refractivity contribution in [1.29, 1.82) is 5.26 Å². The van der Waals surface area contributed by atoms with E-state index in [1.165, 1.54) is 12.3 Å². The van der Waals surface area contributed by atoms with E-state index < -0.39 is 17.6 Å². The van der Waals surface area contributed by atoms with E-state index in [2.05, 4.69) is 10.3 Å². The first-order valence-corrected chi connectivity index (χ1v) is 7.35. The average Bonchev–Trinajstić information content (AvgIpc) is 2.52. The maximum Gasteiger partial charge on any atom is 0.250 e. The van der Waals surface area contributed by atoms with Crippen LogP contribution in [0.5, 0.6) is 0 Å². The van der Waals surface area contributed by atoms with Crippen LogP contribution >= 0.6 is 23.2 Å². The number of halogens is 2. The predicted octanol–water partition coefficient (Wildman–Crippen LogP) is 3.28. The van der Waals surface area contributed by atoms with Gasteiger partial charge in [-0.05, 0) is 29.8 Å². The summed E-state index contributed by atoms with van der Waals surface area (Å²) in [5.41, 5.74) is 0.506. The highest BCUT2D eigenvalue weighted by molar-refractivity contribution is 6.35. The van der Waals surface area contributed by atoms with E-state index in [9.17, 15) is 9.59 Å². The molecule has 0 spiro atoms. The number of hydrogen-bond donors (Lipinski definition) is 1. The molecule has 1 heterocycles. The first-order valence-electron chi connectivity index (χ1n) is 6.59. The summed E-state index contributed by atoms with van der Waals surface area (Å²) in [5.74, 6) is -2.44. The minimum absolute atomic E-state index is 0.135. The van der Waals surface area contributed by atoms with Crippen molar-refractivity contribution in [2.45, 2.75) is 6.42 Å². The summed E-state index contributed by atoms with van der Waals surface area (Å²) >= 11 is 11.8. The van der Waals surface area contributed by atoms with E-state index >= 15 is 0 Å². The summed E-state index contributed by atoms with van der Waals surface area (Å²) < 4.78 is 0. The van der Waals surface area contributed by atoms with Gasteiger partial charge in [0.25, 0.3) is 5.91 Å². The lowest BCUT2D eigenvalue weighted by Crippen LogP contribution is -2.30. The van der Waals surface area contributed by atoms with Crippen molar-refractivity contribution in [3.63, 3.8) is 0 Å². The summed E-state index contributed by atoms with van der Waals surface area (Å²) in [6.07, 6.45) is 1.36. The van der Waals surface area contributed by atoms with Gasteiger partial charge in [0.2, 0.25) is 0 Å². The number of nitrogens with one attached hydrogen (secondary N) is 1. The molecule has 23 heavy (non-hydrogen) atoms. The van der Waals surface area contributed by atoms with Crippen LogP contribution in [-0.4, -0.2) is 16.7 Å². The van der Waals surface area contributed by atoms with Crippen molar-refractivity contribution in [3.8, 4) is 6.07 Å². The third-order valence-corrected chi connectivity index (χ3v) is 3.60. The molecule has 0 bridgehead atoms. The van der Waals surface area contributed by atoms with Gasteiger partial charge < -0.3 is 5.32 Å². The molecule has 0 fully saturated rings. The Morgan fingerprint density at radius 1 is 1.26 bits per heavy atom. The number of rotatable bonds is 5. The summed E-state index contributed by atoms with van der Waals surface area (Å²) in [7, 11) is 0. The van der Waals surface area contributed by atoms with Gasteiger partial charge in [0.1, 0.15) is 5.82 Å². The molecule has 0 aliphatic heterocycles. The molecule has 7 heteroatoms. The van der Waals surface area contributed by atoms with Gasteiger partial charge in [-0.3, -0.25) is 9.59 Å². The molecule has 0 aliphatic carbocycles. The van der Waals surface area contributed by atoms with Crippen LogP contribution in [0.25, 0.3) is 0 Å². The lowest BCUT2D eigenvalue weighted by Gasteiger charge is -2.10. The molecule has 1 amide bonds. The summed E-state index contributed by atoms with van der Waals surface area (Å²) in [5, 5.41) is 12.3. The number of aromatic nitrogens is 1. The fourth-order valence-corrected chi connectivity index (χ4v) is 2.34. The SMILES string of the molecule is N#C[C@@H](C(=O)Cc1ccc(Cl)cc1Cl)C(=O)Nc1ccccn1. The van der Waals surface area contributed by atoms with Crippen LogP contribution in [0.4, 0.5) is 5.82 Å². The van der Waals surface area contributed by atoms with E-state index in [4.69, 9.17) is 28.5 Å². The van der Waals surface area contributed by atoms with E-state index in [0.717, 1.165) is 0 Å². The molecule has 1 aromatic heterocycles. The average molecular weight is 348 g/mol. The van der Waals surface area contributed by atoms with Gasteiger partial charge in [-0.2, -0.15) is 5.26 Å². The molecule has 0 unspecified atom stereocenters. The number of nitriles is 1. The normalized spacial score (nSPS) is 11.3. The number of ketones is 1. The Morgan fingerprint density at radius 2 is 2.04 bits per heavy atom. The topological polar surface area (TPSA) is 82.8 Å². The fraction of sp³-hybridized carbons (Fsp3) is 0.125. The van der Waals surface area contributed by atoms with E-state index in [-0.39, 0.29) is 12.2 Å². The largest absolute Gasteiger partial charge is 0.309 e. The maximum absolute atomic E-state index is 12.2. The second-order valence-electron chi connectivity index (χ2n) is 4.65. The fourth-order valence-electron chi connectivity index (χ4n) is 1.87. The Kier molecular flexibility index (Phi) is 5.69. The monoisotopic (exact) mass is 347 g/mol. The van der Waals surface area contributed by atoms with E-state index in [1.54, 1.807) is 36.4 Å². The van der Waals surface area contributed by atoms with Crippen molar-refractivity contribution in [1.82, 2.24) is 4.98 Å². The molecule has 2 rings (SSSR count). The molecule has 116 valence electrons. The van der Waals surface area contributed by atoms with Crippen molar-refractivity contribution in [2.75, 3.05) is 5.32 Å². The first kappa shape index (κ1) is 16.9. The van der Waals surface area contributed by atoms with Gasteiger partial charge >= 0.3 is 0 Å². The number of pyridine rings is 1. The summed E-state index contributed by atoms with van der Waals surface area (Å²) in [6.45, 7) is 0. The van der Waals surface area contributed by atoms with Crippen LogP contribution in [0.1, 0.15) is 5.56 Å².